The van der Waals surface area contributed by atoms with Crippen molar-refractivity contribution in [1.82, 2.24) is 4.31 Å². The molecule has 0 aromatic heterocycles. The summed E-state index contributed by atoms with van der Waals surface area (Å²) in [5.41, 5.74) is 4.16. The van der Waals surface area contributed by atoms with Gasteiger partial charge in [0.1, 0.15) is 14.7 Å². The number of hydrogen-bond acceptors (Lipinski definition) is 4. The van der Waals surface area contributed by atoms with Gasteiger partial charge in [-0.1, -0.05) is 49.2 Å². The highest BCUT2D eigenvalue weighted by Gasteiger charge is 2.22. The first-order valence-electron chi connectivity index (χ1n) is 10.00. The zero-order valence-corrected chi connectivity index (χ0v) is 19.6. The van der Waals surface area contributed by atoms with Crippen LogP contribution >= 0.6 is 0 Å². The van der Waals surface area contributed by atoms with Gasteiger partial charge in [-0.25, -0.2) is 12.7 Å². The van der Waals surface area contributed by atoms with E-state index in [0.717, 1.165) is 31.4 Å². The van der Waals surface area contributed by atoms with E-state index in [1.54, 1.807) is 24.3 Å². The first kappa shape index (κ1) is 23.5. The first-order valence-corrected chi connectivity index (χ1v) is 14.9. The van der Waals surface area contributed by atoms with Gasteiger partial charge in [-0.15, -0.1) is 5.54 Å². The Morgan fingerprint density at radius 2 is 1.90 bits per heavy atom. The van der Waals surface area contributed by atoms with Crippen molar-refractivity contribution in [3.05, 3.63) is 29.8 Å². The summed E-state index contributed by atoms with van der Waals surface area (Å²) in [7, 11) is -5.41. The van der Waals surface area contributed by atoms with Crippen LogP contribution in [-0.2, 0) is 19.5 Å². The number of sulfonamides is 1. The fraction of sp³-hybridized carbons (Fsp3) is 0.545. The highest BCUT2D eigenvalue weighted by atomic mass is 32.2. The molecule has 0 radical (unpaired) electrons. The van der Waals surface area contributed by atoms with Crippen molar-refractivity contribution in [3.63, 3.8) is 0 Å². The van der Waals surface area contributed by atoms with E-state index in [-0.39, 0.29) is 24.3 Å². The average molecular weight is 434 g/mol. The van der Waals surface area contributed by atoms with Crippen LogP contribution < -0.4 is 0 Å². The van der Waals surface area contributed by atoms with Gasteiger partial charge in [0.25, 0.3) is 10.0 Å². The molecule has 0 saturated carbocycles. The van der Waals surface area contributed by atoms with Gasteiger partial charge in [0.15, 0.2) is 6.29 Å². The molecule has 1 aliphatic heterocycles. The summed E-state index contributed by atoms with van der Waals surface area (Å²) in [5.74, 6) is 5.94. The number of rotatable bonds is 6. The molecule has 1 heterocycles. The molecule has 1 aromatic carbocycles. The number of benzene rings is 1. The molecule has 1 atom stereocenters. The topological polar surface area (TPSA) is 55.8 Å². The Morgan fingerprint density at radius 1 is 1.17 bits per heavy atom. The molecular formula is C22H31NO4SSi. The third-order valence-corrected chi connectivity index (χ3v) is 6.79. The highest BCUT2D eigenvalue weighted by Crippen LogP contribution is 2.16. The maximum atomic E-state index is 13.0. The Bertz CT molecular complexity index is 877. The lowest BCUT2D eigenvalue weighted by Gasteiger charge is -2.21. The fourth-order valence-corrected chi connectivity index (χ4v) is 4.36. The summed E-state index contributed by atoms with van der Waals surface area (Å²) in [6, 6.07) is 9.73. The van der Waals surface area contributed by atoms with Gasteiger partial charge < -0.3 is 9.47 Å². The van der Waals surface area contributed by atoms with Crippen LogP contribution in [0.2, 0.25) is 19.6 Å². The van der Waals surface area contributed by atoms with E-state index in [1.807, 2.05) is 6.92 Å². The Kier molecular flexibility index (Phi) is 8.79. The smallest absolute Gasteiger partial charge is 0.270 e. The molecule has 7 heteroatoms. The summed E-state index contributed by atoms with van der Waals surface area (Å²) < 4.78 is 38.4. The van der Waals surface area contributed by atoms with Crippen LogP contribution in [0.5, 0.6) is 0 Å². The fourth-order valence-electron chi connectivity index (χ4n) is 2.58. The predicted molar refractivity (Wildman–Crippen MR) is 118 cm³/mol. The van der Waals surface area contributed by atoms with Gasteiger partial charge in [-0.05, 0) is 38.3 Å². The van der Waals surface area contributed by atoms with Gasteiger partial charge in [0.2, 0.25) is 0 Å². The lowest BCUT2D eigenvalue weighted by Crippen LogP contribution is -2.29. The Labute approximate surface area is 176 Å². The summed E-state index contributed by atoms with van der Waals surface area (Å²) in [6.45, 7) is 9.43. The lowest BCUT2D eigenvalue weighted by atomic mass is 10.2. The van der Waals surface area contributed by atoms with Crippen molar-refractivity contribution in [2.45, 2.75) is 63.4 Å². The third-order valence-electron chi connectivity index (χ3n) is 4.21. The average Bonchev–Trinajstić information content (AvgIpc) is 2.67. The van der Waals surface area contributed by atoms with Crippen molar-refractivity contribution in [2.24, 2.45) is 0 Å². The van der Waals surface area contributed by atoms with Crippen molar-refractivity contribution < 1.29 is 17.9 Å². The van der Waals surface area contributed by atoms with Crippen molar-refractivity contribution >= 4 is 18.1 Å². The first-order chi connectivity index (χ1) is 13.7. The van der Waals surface area contributed by atoms with Crippen LogP contribution in [0.25, 0.3) is 0 Å². The van der Waals surface area contributed by atoms with Gasteiger partial charge in [0.05, 0.1) is 11.4 Å². The molecule has 5 nitrogen and oxygen atoms in total. The minimum atomic E-state index is -3.69. The van der Waals surface area contributed by atoms with Crippen molar-refractivity contribution in [2.75, 3.05) is 19.8 Å². The Hall–Kier alpha value is -1.77. The quantitative estimate of drug-likeness (QED) is 0.389. The molecule has 1 saturated heterocycles. The zero-order valence-electron chi connectivity index (χ0n) is 17.8. The van der Waals surface area contributed by atoms with E-state index in [4.69, 9.17) is 9.47 Å². The largest absolute Gasteiger partial charge is 0.353 e. The SMILES string of the molecule is Cc1ccc(S(=O)(=O)N(C#C[Si](C)(C)C)CCC#CCOC2CCCCO2)cc1. The standard InChI is InChI=1S/C22H31NO4SSi/c1-20-11-13-21(14-12-20)28(24,25)23(16-19-29(2,3)4)15-7-5-8-17-26-22-10-6-9-18-27-22/h11-14,22H,6-7,9-10,15,17-18H2,1-4H3. The van der Waals surface area contributed by atoms with Crippen LogP contribution in [0.4, 0.5) is 0 Å². The predicted octanol–water partition coefficient (Wildman–Crippen LogP) is 3.76. The summed E-state index contributed by atoms with van der Waals surface area (Å²) in [4.78, 5) is 0.249. The maximum Gasteiger partial charge on any atom is 0.270 e. The second kappa shape index (κ2) is 10.8. The molecule has 1 fully saturated rings. The molecule has 1 unspecified atom stereocenters. The van der Waals surface area contributed by atoms with Gasteiger partial charge in [0, 0.05) is 19.1 Å². The molecule has 29 heavy (non-hydrogen) atoms. The molecule has 1 aromatic rings. The van der Waals surface area contributed by atoms with Gasteiger partial charge in [-0.3, -0.25) is 0 Å². The molecule has 0 aliphatic carbocycles. The minimum absolute atomic E-state index is 0.168. The molecule has 2 rings (SSSR count). The number of nitrogens with zero attached hydrogens (tertiary/aromatic N) is 1. The number of ether oxygens (including phenoxy) is 2. The Morgan fingerprint density at radius 3 is 2.52 bits per heavy atom. The van der Waals surface area contributed by atoms with Gasteiger partial charge >= 0.3 is 0 Å². The molecule has 1 aliphatic rings. The van der Waals surface area contributed by atoms with E-state index in [2.05, 4.69) is 43.1 Å². The number of hydrogen-bond donors (Lipinski definition) is 0. The minimum Gasteiger partial charge on any atom is -0.353 e. The Balaban J connectivity index is 2.02. The van der Waals surface area contributed by atoms with Crippen LogP contribution in [0, 0.1) is 30.4 Å². The van der Waals surface area contributed by atoms with E-state index in [0.29, 0.717) is 6.42 Å². The molecule has 158 valence electrons. The monoisotopic (exact) mass is 433 g/mol. The summed E-state index contributed by atoms with van der Waals surface area (Å²) >= 11 is 0. The van der Waals surface area contributed by atoms with Crippen molar-refractivity contribution in [3.8, 4) is 23.4 Å². The van der Waals surface area contributed by atoms with E-state index >= 15 is 0 Å². The molecule has 0 N–H and O–H groups in total. The molecule has 0 spiro atoms. The van der Waals surface area contributed by atoms with Crippen LogP contribution in [0.1, 0.15) is 31.2 Å². The zero-order chi connectivity index (χ0) is 21.3. The van der Waals surface area contributed by atoms with E-state index < -0.39 is 18.1 Å². The molecular weight excluding hydrogens is 402 g/mol. The van der Waals surface area contributed by atoms with Crippen LogP contribution in [0.3, 0.4) is 0 Å². The van der Waals surface area contributed by atoms with Crippen LogP contribution in [0.15, 0.2) is 29.2 Å². The van der Waals surface area contributed by atoms with Gasteiger partial charge in [-0.2, -0.15) is 0 Å². The molecule has 0 amide bonds. The van der Waals surface area contributed by atoms with E-state index in [1.165, 1.54) is 4.31 Å². The summed E-state index contributed by atoms with van der Waals surface area (Å²) in [6.07, 6.45) is 3.31. The van der Waals surface area contributed by atoms with Crippen LogP contribution in [-0.4, -0.2) is 46.8 Å². The highest BCUT2D eigenvalue weighted by molar-refractivity contribution is 7.89. The maximum absolute atomic E-state index is 13.0. The second-order valence-corrected chi connectivity index (χ2v) is 14.7. The van der Waals surface area contributed by atoms with Crippen molar-refractivity contribution in [1.29, 1.82) is 0 Å². The molecule has 0 bridgehead atoms. The normalized spacial score (nSPS) is 16.9. The number of aryl methyl sites for hydroxylation is 1. The third kappa shape index (κ3) is 8.24. The second-order valence-electron chi connectivity index (χ2n) is 8.09. The lowest BCUT2D eigenvalue weighted by molar-refractivity contribution is -0.154. The van der Waals surface area contributed by atoms with E-state index in [9.17, 15) is 8.42 Å². The summed E-state index contributed by atoms with van der Waals surface area (Å²) in [5, 5.41) is 0.